The third-order valence-corrected chi connectivity index (χ3v) is 7.54. The lowest BCUT2D eigenvalue weighted by atomic mass is 9.53. The molecule has 0 amide bonds. The number of allylic oxidation sites excluding steroid dienone is 2. The van der Waals surface area contributed by atoms with Crippen LogP contribution in [0.25, 0.3) is 0 Å². The molecule has 0 aromatic rings. The van der Waals surface area contributed by atoms with Gasteiger partial charge in [0.05, 0.1) is 6.10 Å². The van der Waals surface area contributed by atoms with Crippen LogP contribution in [0.1, 0.15) is 78.6 Å². The molecule has 6 atom stereocenters. The minimum absolute atomic E-state index is 0.166. The first-order chi connectivity index (χ1) is 10.9. The smallest absolute Gasteiger partial charge is 0.155 e. The van der Waals surface area contributed by atoms with Crippen LogP contribution in [0.4, 0.5) is 0 Å². The van der Waals surface area contributed by atoms with Crippen molar-refractivity contribution in [1.82, 2.24) is 0 Å². The third-order valence-electron chi connectivity index (χ3n) is 7.54. The Morgan fingerprint density at radius 1 is 1.17 bits per heavy atom. The van der Waals surface area contributed by atoms with Gasteiger partial charge in [-0.15, -0.1) is 0 Å². The molecule has 2 heteroatoms. The maximum absolute atomic E-state index is 11.9. The summed E-state index contributed by atoms with van der Waals surface area (Å²) in [6.45, 7) is 6.85. The van der Waals surface area contributed by atoms with Crippen LogP contribution in [0, 0.1) is 29.1 Å². The van der Waals surface area contributed by atoms with E-state index in [0.717, 1.165) is 37.0 Å². The highest BCUT2D eigenvalue weighted by atomic mass is 16.3. The summed E-state index contributed by atoms with van der Waals surface area (Å²) in [7, 11) is 0. The van der Waals surface area contributed by atoms with Crippen LogP contribution in [0.3, 0.4) is 0 Å². The van der Waals surface area contributed by atoms with Gasteiger partial charge in [-0.3, -0.25) is 4.79 Å². The van der Waals surface area contributed by atoms with Crippen molar-refractivity contribution in [3.05, 3.63) is 11.6 Å². The Morgan fingerprint density at radius 2 is 1.96 bits per heavy atom. The number of aliphatic hydroxyl groups is 1. The molecule has 130 valence electrons. The molecule has 3 aliphatic carbocycles. The van der Waals surface area contributed by atoms with Crippen LogP contribution in [-0.2, 0) is 4.79 Å². The SMILES string of the molecule is CC1CC[C@H]([C@H](C)O)CCCC2C1CCC1=CC(=O)CC[C@@]12C. The predicted molar refractivity (Wildman–Crippen MR) is 94.1 cm³/mol. The van der Waals surface area contributed by atoms with Crippen molar-refractivity contribution in [3.8, 4) is 0 Å². The summed E-state index contributed by atoms with van der Waals surface area (Å²) < 4.78 is 0. The van der Waals surface area contributed by atoms with E-state index >= 15 is 0 Å². The Kier molecular flexibility index (Phi) is 5.01. The summed E-state index contributed by atoms with van der Waals surface area (Å²) in [4.78, 5) is 11.9. The van der Waals surface area contributed by atoms with Gasteiger partial charge < -0.3 is 5.11 Å². The first kappa shape index (κ1) is 17.2. The van der Waals surface area contributed by atoms with Gasteiger partial charge in [0.2, 0.25) is 0 Å². The molecule has 2 nitrogen and oxygen atoms in total. The lowest BCUT2D eigenvalue weighted by Crippen LogP contribution is -2.43. The Balaban J connectivity index is 1.85. The summed E-state index contributed by atoms with van der Waals surface area (Å²) in [5.74, 6) is 3.11. The van der Waals surface area contributed by atoms with Crippen LogP contribution >= 0.6 is 0 Å². The highest BCUT2D eigenvalue weighted by Gasteiger charge is 2.47. The summed E-state index contributed by atoms with van der Waals surface area (Å²) in [5.41, 5.74) is 1.71. The van der Waals surface area contributed by atoms with Crippen molar-refractivity contribution in [2.45, 2.75) is 84.7 Å². The number of ketones is 1. The van der Waals surface area contributed by atoms with E-state index in [1.54, 1.807) is 0 Å². The number of fused-ring (bicyclic) bond motifs is 3. The Hall–Kier alpha value is -0.630. The molecule has 2 fully saturated rings. The van der Waals surface area contributed by atoms with E-state index < -0.39 is 0 Å². The molecular weight excluding hydrogens is 284 g/mol. The third kappa shape index (κ3) is 3.29. The summed E-state index contributed by atoms with van der Waals surface area (Å²) in [6, 6.07) is 0. The zero-order valence-corrected chi connectivity index (χ0v) is 15.2. The van der Waals surface area contributed by atoms with Gasteiger partial charge in [-0.25, -0.2) is 0 Å². The van der Waals surface area contributed by atoms with Crippen molar-refractivity contribution in [2.75, 3.05) is 0 Å². The van der Waals surface area contributed by atoms with E-state index in [-0.39, 0.29) is 11.5 Å². The molecular formula is C21H34O2. The minimum atomic E-state index is -0.166. The van der Waals surface area contributed by atoms with E-state index in [1.807, 2.05) is 13.0 Å². The number of aliphatic hydroxyl groups excluding tert-OH is 1. The second-order valence-corrected chi connectivity index (χ2v) is 8.85. The fourth-order valence-electron chi connectivity index (χ4n) is 5.88. The Morgan fingerprint density at radius 3 is 2.70 bits per heavy atom. The average molecular weight is 319 g/mol. The topological polar surface area (TPSA) is 37.3 Å². The van der Waals surface area contributed by atoms with Gasteiger partial charge in [-0.05, 0) is 80.6 Å². The lowest BCUT2D eigenvalue weighted by molar-refractivity contribution is -0.116. The van der Waals surface area contributed by atoms with Crippen LogP contribution in [0.5, 0.6) is 0 Å². The van der Waals surface area contributed by atoms with E-state index in [0.29, 0.717) is 11.7 Å². The largest absolute Gasteiger partial charge is 0.393 e. The average Bonchev–Trinajstić information content (AvgIpc) is 2.58. The number of hydrogen-bond acceptors (Lipinski definition) is 2. The molecule has 0 saturated heterocycles. The predicted octanol–water partition coefficient (Wildman–Crippen LogP) is 4.91. The van der Waals surface area contributed by atoms with Gasteiger partial charge in [0.1, 0.15) is 0 Å². The summed E-state index contributed by atoms with van der Waals surface area (Å²) >= 11 is 0. The molecule has 3 unspecified atom stereocenters. The molecule has 0 spiro atoms. The van der Waals surface area contributed by atoms with Crippen molar-refractivity contribution in [1.29, 1.82) is 0 Å². The van der Waals surface area contributed by atoms with Gasteiger partial charge in [-0.1, -0.05) is 32.3 Å². The van der Waals surface area contributed by atoms with Crippen molar-refractivity contribution >= 4 is 5.78 Å². The number of hydrogen-bond donors (Lipinski definition) is 1. The molecule has 0 aromatic carbocycles. The highest BCUT2D eigenvalue weighted by molar-refractivity contribution is 5.91. The molecule has 2 saturated carbocycles. The maximum atomic E-state index is 11.9. The van der Waals surface area contributed by atoms with Gasteiger partial charge >= 0.3 is 0 Å². The molecule has 0 aliphatic heterocycles. The number of carbonyl (C=O) groups excluding carboxylic acids is 1. The zero-order chi connectivity index (χ0) is 16.6. The molecule has 0 heterocycles. The van der Waals surface area contributed by atoms with Crippen molar-refractivity contribution < 1.29 is 9.90 Å². The van der Waals surface area contributed by atoms with Crippen LogP contribution in [0.2, 0.25) is 0 Å². The fraction of sp³-hybridized carbons (Fsp3) is 0.857. The van der Waals surface area contributed by atoms with E-state index in [4.69, 9.17) is 0 Å². The zero-order valence-electron chi connectivity index (χ0n) is 15.2. The summed E-state index contributed by atoms with van der Waals surface area (Å²) in [5, 5.41) is 10.1. The molecule has 1 N–H and O–H groups in total. The second kappa shape index (κ2) is 6.70. The Bertz CT molecular complexity index is 478. The van der Waals surface area contributed by atoms with Crippen molar-refractivity contribution in [2.24, 2.45) is 29.1 Å². The van der Waals surface area contributed by atoms with Crippen LogP contribution in [-0.4, -0.2) is 17.0 Å². The summed E-state index contributed by atoms with van der Waals surface area (Å²) in [6.07, 6.45) is 12.1. The van der Waals surface area contributed by atoms with Crippen molar-refractivity contribution in [3.63, 3.8) is 0 Å². The fourth-order valence-corrected chi connectivity index (χ4v) is 5.88. The molecule has 3 aliphatic rings. The maximum Gasteiger partial charge on any atom is 0.155 e. The van der Waals surface area contributed by atoms with E-state index in [9.17, 15) is 9.90 Å². The monoisotopic (exact) mass is 318 g/mol. The van der Waals surface area contributed by atoms with Gasteiger partial charge in [0, 0.05) is 6.42 Å². The molecule has 0 radical (unpaired) electrons. The second-order valence-electron chi connectivity index (χ2n) is 8.85. The van der Waals surface area contributed by atoms with Crippen LogP contribution < -0.4 is 0 Å². The highest BCUT2D eigenvalue weighted by Crippen LogP contribution is 2.56. The van der Waals surface area contributed by atoms with E-state index in [1.165, 1.54) is 44.1 Å². The Labute approximate surface area is 141 Å². The quantitative estimate of drug-likeness (QED) is 0.746. The van der Waals surface area contributed by atoms with Gasteiger partial charge in [0.15, 0.2) is 5.78 Å². The van der Waals surface area contributed by atoms with Crippen LogP contribution in [0.15, 0.2) is 11.6 Å². The molecule has 3 rings (SSSR count). The normalized spacial score (nSPS) is 43.3. The molecule has 0 bridgehead atoms. The van der Waals surface area contributed by atoms with E-state index in [2.05, 4.69) is 13.8 Å². The first-order valence-electron chi connectivity index (χ1n) is 9.83. The number of carbonyl (C=O) groups is 1. The number of rotatable bonds is 1. The molecule has 0 aromatic heterocycles. The first-order valence-corrected chi connectivity index (χ1v) is 9.83. The standard InChI is InChI=1S/C21H34O2/c1-14-7-8-16(15(2)22)5-4-6-20-19(14)10-9-17-13-18(23)11-12-21(17,20)3/h13-16,19-20,22H,4-12H2,1-3H3/t14?,15-,16+,19?,20?,21-/m0/s1. The minimum Gasteiger partial charge on any atom is -0.393 e. The van der Waals surface area contributed by atoms with Gasteiger partial charge in [0.25, 0.3) is 0 Å². The molecule has 23 heavy (non-hydrogen) atoms. The van der Waals surface area contributed by atoms with Gasteiger partial charge in [-0.2, -0.15) is 0 Å². The lowest BCUT2D eigenvalue weighted by Gasteiger charge is -2.51.